The van der Waals surface area contributed by atoms with Crippen LogP contribution in [0.1, 0.15) is 44.7 Å². The van der Waals surface area contributed by atoms with Crippen LogP contribution in [0.2, 0.25) is 0 Å². The highest BCUT2D eigenvalue weighted by Crippen LogP contribution is 2.40. The van der Waals surface area contributed by atoms with Crippen molar-refractivity contribution in [3.8, 4) is 23.8 Å². The molecule has 0 saturated carbocycles. The van der Waals surface area contributed by atoms with Crippen molar-refractivity contribution >= 4 is 22.8 Å². The molecule has 1 aliphatic rings. The van der Waals surface area contributed by atoms with Gasteiger partial charge in [-0.3, -0.25) is 4.84 Å². The number of methoxy groups -OCH3 is 1. The maximum Gasteiger partial charge on any atom is 0.431 e. The van der Waals surface area contributed by atoms with Crippen molar-refractivity contribution in [1.29, 1.82) is 0 Å². The molecule has 0 bridgehead atoms. The number of ether oxygens (including phenoxy) is 4. The number of aryl methyl sites for hydroxylation is 1. The molecule has 13 heteroatoms. The van der Waals surface area contributed by atoms with Crippen LogP contribution in [0.25, 0.3) is 11.0 Å². The number of hydrogen-bond donors (Lipinski definition) is 3. The van der Waals surface area contributed by atoms with E-state index in [-0.39, 0.29) is 40.4 Å². The van der Waals surface area contributed by atoms with Gasteiger partial charge in [-0.1, -0.05) is 24.9 Å². The predicted octanol–water partition coefficient (Wildman–Crippen LogP) is 2.51. The summed E-state index contributed by atoms with van der Waals surface area (Å²) in [5.41, 5.74) is 0.612. The topological polar surface area (TPSA) is 168 Å². The first-order chi connectivity index (χ1) is 19.1. The summed E-state index contributed by atoms with van der Waals surface area (Å²) in [6.45, 7) is 6.64. The van der Waals surface area contributed by atoms with Gasteiger partial charge in [0.05, 0.1) is 11.1 Å². The summed E-state index contributed by atoms with van der Waals surface area (Å²) in [4.78, 5) is 34.6. The van der Waals surface area contributed by atoms with Gasteiger partial charge in [-0.2, -0.15) is 5.48 Å². The van der Waals surface area contributed by atoms with Crippen molar-refractivity contribution < 1.29 is 48.0 Å². The molecule has 3 N–H and O–H groups in total. The van der Waals surface area contributed by atoms with Gasteiger partial charge in [0.15, 0.2) is 12.2 Å². The zero-order chi connectivity index (χ0) is 29.6. The average molecular weight is 563 g/mol. The smallest absolute Gasteiger partial charge is 0.431 e. The molecule has 13 nitrogen and oxygen atoms in total. The minimum atomic E-state index is -1.51. The Morgan fingerprint density at radius 1 is 1.27 bits per heavy atom. The molecule has 0 unspecified atom stereocenters. The number of aliphatic hydroxyl groups excluding tert-OH is 1. The van der Waals surface area contributed by atoms with Crippen LogP contribution >= 0.6 is 0 Å². The number of amides is 1. The Kier molecular flexibility index (Phi) is 9.99. The Morgan fingerprint density at radius 2 is 1.98 bits per heavy atom. The molecule has 1 aliphatic heterocycles. The maximum atomic E-state index is 12.7. The van der Waals surface area contributed by atoms with E-state index in [9.17, 15) is 19.8 Å². The van der Waals surface area contributed by atoms with Crippen LogP contribution < -0.4 is 15.8 Å². The third kappa shape index (κ3) is 5.85. The molecule has 0 radical (unpaired) electrons. The standard InChI is InChI=1S/C27H34N2O11/c1-8-13-36-29-26(33)39-22-20(31)25(40-27(9-2,10-3)23(22)34-6)37-17-12-11-16-19(30)18(15(5)28-35-7)24(32)38-21(16)14(17)4/h1,11-12,20,22-23,25,30-31H,9-10,13H2,2-7H3,(H,29,33)/b28-15+/t20-,22+,23-,25-/m1/s1. The predicted molar refractivity (Wildman–Crippen MR) is 142 cm³/mol. The van der Waals surface area contributed by atoms with Crippen molar-refractivity contribution in [3.63, 3.8) is 0 Å². The van der Waals surface area contributed by atoms with E-state index in [1.54, 1.807) is 6.92 Å². The highest BCUT2D eigenvalue weighted by molar-refractivity contribution is 6.04. The molecule has 1 aromatic carbocycles. The molecule has 2 aromatic rings. The first-order valence-corrected chi connectivity index (χ1v) is 12.5. The summed E-state index contributed by atoms with van der Waals surface area (Å²) >= 11 is 0. The highest BCUT2D eigenvalue weighted by atomic mass is 16.7. The Hall–Kier alpha value is -3.83. The average Bonchev–Trinajstić information content (AvgIpc) is 2.92. The van der Waals surface area contributed by atoms with Crippen molar-refractivity contribution in [2.75, 3.05) is 20.8 Å². The van der Waals surface area contributed by atoms with Crippen molar-refractivity contribution in [2.45, 2.75) is 70.7 Å². The number of hydrogen-bond acceptors (Lipinski definition) is 12. The first kappa shape index (κ1) is 30.7. The summed E-state index contributed by atoms with van der Waals surface area (Å²) in [6.07, 6.45) is 0.0332. The second-order valence-electron chi connectivity index (χ2n) is 9.03. The number of nitrogens with zero attached hydrogens (tertiary/aromatic N) is 1. The van der Waals surface area contributed by atoms with Gasteiger partial charge in [0.1, 0.15) is 48.1 Å². The number of terminal acetylenes is 1. The van der Waals surface area contributed by atoms with Gasteiger partial charge in [0.25, 0.3) is 0 Å². The van der Waals surface area contributed by atoms with Gasteiger partial charge < -0.3 is 38.4 Å². The molecule has 1 aromatic heterocycles. The molecule has 218 valence electrons. The molecule has 0 spiro atoms. The van der Waals surface area contributed by atoms with Gasteiger partial charge in [-0.25, -0.2) is 9.59 Å². The lowest BCUT2D eigenvalue weighted by atomic mass is 9.82. The molecule has 4 atom stereocenters. The minimum absolute atomic E-state index is 0.0594. The van der Waals surface area contributed by atoms with Gasteiger partial charge in [0.2, 0.25) is 6.29 Å². The van der Waals surface area contributed by atoms with E-state index in [0.717, 1.165) is 0 Å². The van der Waals surface area contributed by atoms with E-state index < -0.39 is 41.9 Å². The number of hydroxylamine groups is 1. The Morgan fingerprint density at radius 3 is 2.58 bits per heavy atom. The number of aliphatic hydroxyl groups is 1. The molecule has 1 amide bonds. The van der Waals surface area contributed by atoms with Gasteiger partial charge in [-0.05, 0) is 38.8 Å². The van der Waals surface area contributed by atoms with E-state index in [4.69, 9.17) is 39.5 Å². The van der Waals surface area contributed by atoms with Crippen molar-refractivity contribution in [2.24, 2.45) is 5.16 Å². The number of benzene rings is 1. The minimum Gasteiger partial charge on any atom is -0.506 e. The maximum absolute atomic E-state index is 12.7. The van der Waals surface area contributed by atoms with E-state index in [2.05, 4.69) is 16.6 Å². The van der Waals surface area contributed by atoms with Crippen LogP contribution in [-0.2, 0) is 23.9 Å². The van der Waals surface area contributed by atoms with Crippen LogP contribution in [0.3, 0.4) is 0 Å². The Balaban J connectivity index is 2.00. The largest absolute Gasteiger partial charge is 0.506 e. The molecular formula is C27H34N2O11. The third-order valence-corrected chi connectivity index (χ3v) is 6.87. The molecule has 1 saturated heterocycles. The van der Waals surface area contributed by atoms with Crippen LogP contribution in [-0.4, -0.2) is 73.0 Å². The fourth-order valence-electron chi connectivity index (χ4n) is 4.80. The van der Waals surface area contributed by atoms with Gasteiger partial charge in [0, 0.05) is 12.7 Å². The highest BCUT2D eigenvalue weighted by Gasteiger charge is 2.56. The van der Waals surface area contributed by atoms with E-state index in [1.807, 2.05) is 13.8 Å². The monoisotopic (exact) mass is 562 g/mol. The van der Waals surface area contributed by atoms with Crippen LogP contribution in [0.15, 0.2) is 26.5 Å². The third-order valence-electron chi connectivity index (χ3n) is 6.87. The van der Waals surface area contributed by atoms with Gasteiger partial charge >= 0.3 is 11.7 Å². The summed E-state index contributed by atoms with van der Waals surface area (Å²) in [6, 6.07) is 3.02. The van der Waals surface area contributed by atoms with E-state index in [0.29, 0.717) is 18.4 Å². The molecular weight excluding hydrogens is 528 g/mol. The molecule has 2 heterocycles. The normalized spacial score (nSPS) is 22.4. The number of oxime groups is 1. The second kappa shape index (κ2) is 13.0. The second-order valence-corrected chi connectivity index (χ2v) is 9.03. The number of nitrogens with one attached hydrogen (secondary N) is 1. The van der Waals surface area contributed by atoms with Crippen LogP contribution in [0, 0.1) is 19.3 Å². The lowest BCUT2D eigenvalue weighted by Crippen LogP contribution is -2.67. The summed E-state index contributed by atoms with van der Waals surface area (Å²) in [5.74, 6) is 2.05. The number of carbonyl (C=O) groups is 1. The summed E-state index contributed by atoms with van der Waals surface area (Å²) < 4.78 is 29.0. The number of fused-ring (bicyclic) bond motifs is 1. The Bertz CT molecular complexity index is 1340. The molecule has 40 heavy (non-hydrogen) atoms. The van der Waals surface area contributed by atoms with Crippen molar-refractivity contribution in [1.82, 2.24) is 5.48 Å². The van der Waals surface area contributed by atoms with Crippen LogP contribution in [0.4, 0.5) is 4.79 Å². The fraction of sp³-hybridized carbons (Fsp3) is 0.519. The zero-order valence-electron chi connectivity index (χ0n) is 23.2. The number of rotatable bonds is 10. The van der Waals surface area contributed by atoms with E-state index >= 15 is 0 Å². The fourth-order valence-corrected chi connectivity index (χ4v) is 4.80. The summed E-state index contributed by atoms with van der Waals surface area (Å²) in [7, 11) is 2.73. The van der Waals surface area contributed by atoms with Gasteiger partial charge in [-0.15, -0.1) is 6.42 Å². The SMILES string of the molecule is C#CCONC(=O)O[C@H]1[C@@H](O)[C@H](Oc2ccc3c(O)c(/C(C)=N/OC)c(=O)oc3c2C)OC(CC)(CC)[C@@H]1OC. The first-order valence-electron chi connectivity index (χ1n) is 12.5. The quantitative estimate of drug-likeness (QED) is 0.128. The Labute approximate surface area is 230 Å². The van der Waals surface area contributed by atoms with Crippen LogP contribution in [0.5, 0.6) is 11.5 Å². The number of carbonyl (C=O) groups excluding carboxylic acids is 1. The zero-order valence-corrected chi connectivity index (χ0v) is 23.2. The molecule has 0 aliphatic carbocycles. The lowest BCUT2D eigenvalue weighted by molar-refractivity contribution is -0.317. The molecule has 1 fully saturated rings. The summed E-state index contributed by atoms with van der Waals surface area (Å²) in [5, 5.41) is 26.0. The lowest BCUT2D eigenvalue weighted by Gasteiger charge is -2.50. The number of aromatic hydroxyl groups is 1. The molecule has 3 rings (SSSR count). The van der Waals surface area contributed by atoms with Crippen molar-refractivity contribution in [3.05, 3.63) is 33.7 Å². The van der Waals surface area contributed by atoms with E-state index in [1.165, 1.54) is 33.3 Å².